The van der Waals surface area contributed by atoms with Crippen LogP contribution in [0.5, 0.6) is 0 Å². The Bertz CT molecular complexity index is 274. The summed E-state index contributed by atoms with van der Waals surface area (Å²) in [6.07, 6.45) is 4.85. The molecule has 2 atom stereocenters. The summed E-state index contributed by atoms with van der Waals surface area (Å²) in [5, 5.41) is 11.3. The summed E-state index contributed by atoms with van der Waals surface area (Å²) in [7, 11) is 2.18. The minimum atomic E-state index is 0.633. The van der Waals surface area contributed by atoms with E-state index in [0.717, 1.165) is 19.6 Å². The van der Waals surface area contributed by atoms with Crippen molar-refractivity contribution in [1.82, 2.24) is 25.2 Å². The maximum Gasteiger partial charge on any atom is 0.0692 e. The van der Waals surface area contributed by atoms with Crippen molar-refractivity contribution in [2.45, 2.75) is 32.0 Å². The molecule has 1 aliphatic rings. The molecule has 0 aliphatic carbocycles. The maximum absolute atomic E-state index is 3.93. The van der Waals surface area contributed by atoms with E-state index in [1.165, 1.54) is 6.42 Å². The van der Waals surface area contributed by atoms with Gasteiger partial charge < -0.3 is 10.2 Å². The van der Waals surface area contributed by atoms with Gasteiger partial charge in [-0.1, -0.05) is 5.21 Å². The molecule has 15 heavy (non-hydrogen) atoms. The molecular weight excluding hydrogens is 190 g/mol. The number of rotatable bonds is 4. The molecule has 1 N–H and O–H groups in total. The normalized spacial score (nSPS) is 27.3. The summed E-state index contributed by atoms with van der Waals surface area (Å²) in [4.78, 5) is 2.40. The van der Waals surface area contributed by atoms with Gasteiger partial charge in [0.2, 0.25) is 0 Å². The van der Waals surface area contributed by atoms with Gasteiger partial charge in [-0.2, -0.15) is 0 Å². The van der Waals surface area contributed by atoms with Crippen LogP contribution in [-0.4, -0.2) is 52.1 Å². The summed E-state index contributed by atoms with van der Waals surface area (Å²) in [5.41, 5.74) is 0. The van der Waals surface area contributed by atoms with Crippen LogP contribution in [-0.2, 0) is 6.54 Å². The van der Waals surface area contributed by atoms with Crippen molar-refractivity contribution in [3.63, 3.8) is 0 Å². The summed E-state index contributed by atoms with van der Waals surface area (Å²) in [6, 6.07) is 1.34. The number of aromatic nitrogens is 3. The van der Waals surface area contributed by atoms with E-state index in [4.69, 9.17) is 0 Å². The molecule has 5 nitrogen and oxygen atoms in total. The van der Waals surface area contributed by atoms with Crippen molar-refractivity contribution in [3.05, 3.63) is 12.4 Å². The highest BCUT2D eigenvalue weighted by Gasteiger charge is 2.25. The molecule has 1 saturated heterocycles. The Morgan fingerprint density at radius 1 is 1.53 bits per heavy atom. The standard InChI is InChI=1S/C10H19N5/c1-9-7-10(8-14(9)2)11-3-5-15-6-4-12-13-15/h4,6,9-11H,3,5,7-8H2,1-2H3. The first-order valence-electron chi connectivity index (χ1n) is 5.53. The number of likely N-dealkylation sites (N-methyl/N-ethyl adjacent to an activating group) is 1. The van der Waals surface area contributed by atoms with E-state index in [-0.39, 0.29) is 0 Å². The summed E-state index contributed by atoms with van der Waals surface area (Å²) < 4.78 is 1.86. The average molecular weight is 209 g/mol. The van der Waals surface area contributed by atoms with Crippen LogP contribution in [0.15, 0.2) is 12.4 Å². The lowest BCUT2D eigenvalue weighted by Gasteiger charge is -2.13. The Morgan fingerprint density at radius 2 is 2.40 bits per heavy atom. The largest absolute Gasteiger partial charge is 0.311 e. The Labute approximate surface area is 90.5 Å². The molecule has 1 aliphatic heterocycles. The second-order valence-electron chi connectivity index (χ2n) is 4.34. The molecule has 1 fully saturated rings. The quantitative estimate of drug-likeness (QED) is 0.756. The monoisotopic (exact) mass is 209 g/mol. The van der Waals surface area contributed by atoms with Gasteiger partial charge in [0.05, 0.1) is 12.7 Å². The molecule has 1 aromatic heterocycles. The zero-order chi connectivity index (χ0) is 10.7. The van der Waals surface area contributed by atoms with Crippen LogP contribution in [0.25, 0.3) is 0 Å². The second kappa shape index (κ2) is 4.72. The predicted molar refractivity (Wildman–Crippen MR) is 58.5 cm³/mol. The highest BCUT2D eigenvalue weighted by molar-refractivity contribution is 4.84. The van der Waals surface area contributed by atoms with Gasteiger partial charge in [0, 0.05) is 31.4 Å². The highest BCUT2D eigenvalue weighted by Crippen LogP contribution is 2.14. The topological polar surface area (TPSA) is 46.0 Å². The van der Waals surface area contributed by atoms with Crippen LogP contribution < -0.4 is 5.32 Å². The van der Waals surface area contributed by atoms with E-state index in [1.54, 1.807) is 6.20 Å². The van der Waals surface area contributed by atoms with E-state index in [1.807, 2.05) is 10.9 Å². The van der Waals surface area contributed by atoms with Gasteiger partial charge in [0.1, 0.15) is 0 Å². The van der Waals surface area contributed by atoms with Crippen molar-refractivity contribution in [1.29, 1.82) is 0 Å². The van der Waals surface area contributed by atoms with Crippen molar-refractivity contribution in [2.24, 2.45) is 0 Å². The number of likely N-dealkylation sites (tertiary alicyclic amines) is 1. The van der Waals surface area contributed by atoms with Crippen LogP contribution in [0.4, 0.5) is 0 Å². The fourth-order valence-corrected chi connectivity index (χ4v) is 2.08. The number of hydrogen-bond acceptors (Lipinski definition) is 4. The second-order valence-corrected chi connectivity index (χ2v) is 4.34. The summed E-state index contributed by atoms with van der Waals surface area (Å²) >= 11 is 0. The molecule has 0 radical (unpaired) electrons. The molecular formula is C10H19N5. The molecule has 84 valence electrons. The van der Waals surface area contributed by atoms with Gasteiger partial charge >= 0.3 is 0 Å². The first-order chi connectivity index (χ1) is 7.25. The van der Waals surface area contributed by atoms with Crippen LogP contribution in [0.3, 0.4) is 0 Å². The van der Waals surface area contributed by atoms with Crippen LogP contribution in [0.1, 0.15) is 13.3 Å². The fourth-order valence-electron chi connectivity index (χ4n) is 2.08. The minimum absolute atomic E-state index is 0.633. The van der Waals surface area contributed by atoms with E-state index in [2.05, 4.69) is 34.5 Å². The van der Waals surface area contributed by atoms with Gasteiger partial charge in [0.15, 0.2) is 0 Å². The maximum atomic E-state index is 3.93. The van der Waals surface area contributed by atoms with Crippen LogP contribution in [0.2, 0.25) is 0 Å². The smallest absolute Gasteiger partial charge is 0.0692 e. The molecule has 0 saturated carbocycles. The van der Waals surface area contributed by atoms with Crippen LogP contribution >= 0.6 is 0 Å². The fraction of sp³-hybridized carbons (Fsp3) is 0.800. The zero-order valence-electron chi connectivity index (χ0n) is 9.43. The lowest BCUT2D eigenvalue weighted by Crippen LogP contribution is -2.33. The minimum Gasteiger partial charge on any atom is -0.311 e. The lowest BCUT2D eigenvalue weighted by molar-refractivity contribution is 0.326. The summed E-state index contributed by atoms with van der Waals surface area (Å²) in [6.45, 7) is 5.29. The molecule has 1 aromatic rings. The van der Waals surface area contributed by atoms with Crippen molar-refractivity contribution in [3.8, 4) is 0 Å². The van der Waals surface area contributed by atoms with Gasteiger partial charge in [-0.3, -0.25) is 4.68 Å². The van der Waals surface area contributed by atoms with Gasteiger partial charge in [-0.05, 0) is 20.4 Å². The number of nitrogens with zero attached hydrogens (tertiary/aromatic N) is 4. The molecule has 0 spiro atoms. The van der Waals surface area contributed by atoms with Gasteiger partial charge in [-0.15, -0.1) is 5.10 Å². The van der Waals surface area contributed by atoms with Crippen LogP contribution in [0, 0.1) is 0 Å². The molecule has 0 amide bonds. The third-order valence-electron chi connectivity index (χ3n) is 3.13. The Morgan fingerprint density at radius 3 is 3.00 bits per heavy atom. The van der Waals surface area contributed by atoms with Crippen molar-refractivity contribution in [2.75, 3.05) is 20.1 Å². The number of nitrogens with one attached hydrogen (secondary N) is 1. The SMILES string of the molecule is CC1CC(NCCn2ccnn2)CN1C. The number of hydrogen-bond donors (Lipinski definition) is 1. The third-order valence-corrected chi connectivity index (χ3v) is 3.13. The highest BCUT2D eigenvalue weighted by atomic mass is 15.4. The Kier molecular flexibility index (Phi) is 3.33. The Balaban J connectivity index is 1.67. The molecule has 2 heterocycles. The van der Waals surface area contributed by atoms with E-state index in [9.17, 15) is 0 Å². The first kappa shape index (κ1) is 10.6. The zero-order valence-corrected chi connectivity index (χ0v) is 9.43. The van der Waals surface area contributed by atoms with E-state index in [0.29, 0.717) is 12.1 Å². The van der Waals surface area contributed by atoms with Gasteiger partial charge in [-0.25, -0.2) is 0 Å². The average Bonchev–Trinajstić information content (AvgIpc) is 2.79. The summed E-state index contributed by atoms with van der Waals surface area (Å²) in [5.74, 6) is 0. The predicted octanol–water partition coefficient (Wildman–Crippen LogP) is -0.0397. The lowest BCUT2D eigenvalue weighted by atomic mass is 10.2. The van der Waals surface area contributed by atoms with E-state index < -0.39 is 0 Å². The molecule has 2 unspecified atom stereocenters. The third kappa shape index (κ3) is 2.76. The van der Waals surface area contributed by atoms with Crippen molar-refractivity contribution >= 4 is 0 Å². The molecule has 0 bridgehead atoms. The first-order valence-corrected chi connectivity index (χ1v) is 5.53. The van der Waals surface area contributed by atoms with Gasteiger partial charge in [0.25, 0.3) is 0 Å². The Hall–Kier alpha value is -0.940. The molecule has 0 aromatic carbocycles. The molecule has 2 rings (SSSR count). The van der Waals surface area contributed by atoms with E-state index >= 15 is 0 Å². The molecule has 5 heteroatoms. The van der Waals surface area contributed by atoms with Crippen molar-refractivity contribution < 1.29 is 0 Å².